The maximum Gasteiger partial charge on any atom is 0.325 e. The first-order valence-electron chi connectivity index (χ1n) is 8.88. The van der Waals surface area contributed by atoms with Crippen molar-refractivity contribution >= 4 is 5.91 Å². The highest BCUT2D eigenvalue weighted by Gasteiger charge is 2.27. The molecular formula is C17H26N4O3. The topological polar surface area (TPSA) is 89.3 Å². The van der Waals surface area contributed by atoms with Gasteiger partial charge in [0.2, 0.25) is 5.91 Å². The summed E-state index contributed by atoms with van der Waals surface area (Å²) in [5.41, 5.74) is 0.140. The fourth-order valence-corrected chi connectivity index (χ4v) is 3.92. The summed E-state index contributed by atoms with van der Waals surface area (Å²) in [6.45, 7) is 5.15. The lowest BCUT2D eigenvalue weighted by atomic mass is 10.1. The summed E-state index contributed by atoms with van der Waals surface area (Å²) in [5, 5.41) is 0. The van der Waals surface area contributed by atoms with Crippen LogP contribution in [0.3, 0.4) is 0 Å². The van der Waals surface area contributed by atoms with Crippen LogP contribution in [0.15, 0.2) is 9.59 Å². The number of rotatable bonds is 4. The maximum atomic E-state index is 12.4. The van der Waals surface area contributed by atoms with Gasteiger partial charge in [0, 0.05) is 49.9 Å². The third kappa shape index (κ3) is 3.77. The van der Waals surface area contributed by atoms with Crippen molar-refractivity contribution in [2.45, 2.75) is 51.5 Å². The molecule has 0 radical (unpaired) electrons. The zero-order chi connectivity index (χ0) is 17.1. The van der Waals surface area contributed by atoms with Crippen LogP contribution >= 0.6 is 0 Å². The van der Waals surface area contributed by atoms with Gasteiger partial charge in [-0.15, -0.1) is 0 Å². The number of hydrogen-bond acceptors (Lipinski definition) is 4. The van der Waals surface area contributed by atoms with E-state index in [1.165, 1.54) is 25.7 Å². The van der Waals surface area contributed by atoms with E-state index >= 15 is 0 Å². The standard InChI is InChI=1S/C17H26N4O3/c1-12-14(16(23)19-17(24)18-12)6-7-15(22)21-10-8-20(9-11-21)13-4-2-3-5-13/h13H,2-11H2,1H3,(H2,18,19,23,24). The van der Waals surface area contributed by atoms with E-state index in [0.717, 1.165) is 26.2 Å². The van der Waals surface area contributed by atoms with Gasteiger partial charge in [-0.2, -0.15) is 0 Å². The first-order chi connectivity index (χ1) is 11.5. The van der Waals surface area contributed by atoms with Crippen LogP contribution in [0.4, 0.5) is 0 Å². The molecule has 1 amide bonds. The van der Waals surface area contributed by atoms with Gasteiger partial charge in [-0.1, -0.05) is 12.8 Å². The molecule has 0 atom stereocenters. The Morgan fingerprint density at radius 3 is 2.38 bits per heavy atom. The molecule has 0 aromatic carbocycles. The summed E-state index contributed by atoms with van der Waals surface area (Å²) in [5.74, 6) is 0.0890. The number of hydrogen-bond donors (Lipinski definition) is 2. The Morgan fingerprint density at radius 2 is 1.75 bits per heavy atom. The molecule has 24 heavy (non-hydrogen) atoms. The fourth-order valence-electron chi connectivity index (χ4n) is 3.92. The molecule has 0 bridgehead atoms. The first kappa shape index (κ1) is 17.0. The molecule has 1 aromatic heterocycles. The van der Waals surface area contributed by atoms with Crippen molar-refractivity contribution < 1.29 is 4.79 Å². The third-order valence-electron chi connectivity index (χ3n) is 5.35. The van der Waals surface area contributed by atoms with Gasteiger partial charge in [0.1, 0.15) is 0 Å². The molecule has 1 aromatic rings. The van der Waals surface area contributed by atoms with Crippen molar-refractivity contribution in [1.82, 2.24) is 19.8 Å². The summed E-state index contributed by atoms with van der Waals surface area (Å²) in [6, 6.07) is 0.713. The monoisotopic (exact) mass is 334 g/mol. The van der Waals surface area contributed by atoms with E-state index in [-0.39, 0.29) is 5.91 Å². The lowest BCUT2D eigenvalue weighted by Gasteiger charge is -2.38. The molecule has 1 aliphatic heterocycles. The van der Waals surface area contributed by atoms with E-state index in [1.807, 2.05) is 4.90 Å². The second-order valence-corrected chi connectivity index (χ2v) is 6.87. The van der Waals surface area contributed by atoms with Gasteiger partial charge in [0.15, 0.2) is 0 Å². The highest BCUT2D eigenvalue weighted by atomic mass is 16.2. The molecule has 1 saturated carbocycles. The molecule has 2 heterocycles. The predicted molar refractivity (Wildman–Crippen MR) is 91.2 cm³/mol. The molecule has 0 spiro atoms. The lowest BCUT2D eigenvalue weighted by molar-refractivity contribution is -0.133. The Balaban J connectivity index is 1.51. The second-order valence-electron chi connectivity index (χ2n) is 6.87. The van der Waals surface area contributed by atoms with Crippen LogP contribution in [-0.4, -0.2) is 57.9 Å². The number of nitrogens with zero attached hydrogens (tertiary/aromatic N) is 2. The average Bonchev–Trinajstić information content (AvgIpc) is 3.08. The molecule has 3 rings (SSSR count). The number of amides is 1. The van der Waals surface area contributed by atoms with E-state index in [2.05, 4.69) is 14.9 Å². The molecule has 7 heteroatoms. The number of nitrogens with one attached hydrogen (secondary N) is 2. The van der Waals surface area contributed by atoms with Crippen LogP contribution in [0.1, 0.15) is 43.4 Å². The van der Waals surface area contributed by atoms with Crippen molar-refractivity contribution in [1.29, 1.82) is 0 Å². The molecule has 2 aliphatic rings. The van der Waals surface area contributed by atoms with Gasteiger partial charge in [0.25, 0.3) is 5.56 Å². The molecule has 2 fully saturated rings. The van der Waals surface area contributed by atoms with Crippen LogP contribution in [0.25, 0.3) is 0 Å². The molecule has 7 nitrogen and oxygen atoms in total. The molecule has 2 N–H and O–H groups in total. The molecule has 0 unspecified atom stereocenters. The van der Waals surface area contributed by atoms with Crippen molar-refractivity contribution in [3.05, 3.63) is 32.1 Å². The number of carbonyl (C=O) groups is 1. The maximum absolute atomic E-state index is 12.4. The van der Waals surface area contributed by atoms with Crippen LogP contribution in [-0.2, 0) is 11.2 Å². The highest BCUT2D eigenvalue weighted by molar-refractivity contribution is 5.76. The summed E-state index contributed by atoms with van der Waals surface area (Å²) in [4.78, 5) is 44.7. The van der Waals surface area contributed by atoms with Gasteiger partial charge < -0.3 is 9.88 Å². The van der Waals surface area contributed by atoms with Crippen molar-refractivity contribution in [2.75, 3.05) is 26.2 Å². The fraction of sp³-hybridized carbons (Fsp3) is 0.706. The minimum atomic E-state index is -0.504. The molecule has 132 valence electrons. The van der Waals surface area contributed by atoms with E-state index in [0.29, 0.717) is 30.1 Å². The van der Waals surface area contributed by atoms with E-state index in [1.54, 1.807) is 6.92 Å². The zero-order valence-electron chi connectivity index (χ0n) is 14.3. The van der Waals surface area contributed by atoms with Gasteiger partial charge in [0.05, 0.1) is 0 Å². The van der Waals surface area contributed by atoms with Gasteiger partial charge in [-0.25, -0.2) is 4.79 Å². The lowest BCUT2D eigenvalue weighted by Crippen LogP contribution is -2.51. The molecule has 1 saturated heterocycles. The normalized spacial score (nSPS) is 19.8. The number of piperazine rings is 1. The van der Waals surface area contributed by atoms with E-state index in [9.17, 15) is 14.4 Å². The molecule has 1 aliphatic carbocycles. The Bertz CT molecular complexity index is 695. The summed E-state index contributed by atoms with van der Waals surface area (Å²) < 4.78 is 0. The quantitative estimate of drug-likeness (QED) is 0.834. The second kappa shape index (κ2) is 7.34. The van der Waals surface area contributed by atoms with Crippen LogP contribution in [0.5, 0.6) is 0 Å². The van der Waals surface area contributed by atoms with Crippen LogP contribution in [0, 0.1) is 6.92 Å². The molecular weight excluding hydrogens is 308 g/mol. The minimum absolute atomic E-state index is 0.0890. The van der Waals surface area contributed by atoms with Gasteiger partial charge >= 0.3 is 5.69 Å². The number of carbonyl (C=O) groups excluding carboxylic acids is 1. The van der Waals surface area contributed by atoms with Crippen molar-refractivity contribution in [2.24, 2.45) is 0 Å². The van der Waals surface area contributed by atoms with Gasteiger partial charge in [-0.05, 0) is 26.2 Å². The largest absolute Gasteiger partial charge is 0.340 e. The Labute approximate surface area is 141 Å². The average molecular weight is 334 g/mol. The Kier molecular flexibility index (Phi) is 5.18. The zero-order valence-corrected chi connectivity index (χ0v) is 14.3. The SMILES string of the molecule is Cc1[nH]c(=O)[nH]c(=O)c1CCC(=O)N1CCN(C2CCCC2)CC1. The third-order valence-corrected chi connectivity index (χ3v) is 5.35. The Hall–Kier alpha value is -1.89. The smallest absolute Gasteiger partial charge is 0.325 e. The van der Waals surface area contributed by atoms with Gasteiger partial charge in [-0.3, -0.25) is 19.5 Å². The number of aromatic amines is 2. The van der Waals surface area contributed by atoms with Crippen molar-refractivity contribution in [3.8, 4) is 0 Å². The highest BCUT2D eigenvalue weighted by Crippen LogP contribution is 2.24. The minimum Gasteiger partial charge on any atom is -0.340 e. The van der Waals surface area contributed by atoms with E-state index in [4.69, 9.17) is 0 Å². The summed E-state index contributed by atoms with van der Waals surface area (Å²) in [6.07, 6.45) is 5.91. The first-order valence-corrected chi connectivity index (χ1v) is 8.88. The summed E-state index contributed by atoms with van der Waals surface area (Å²) in [7, 11) is 0. The van der Waals surface area contributed by atoms with Crippen LogP contribution < -0.4 is 11.2 Å². The van der Waals surface area contributed by atoms with Crippen LogP contribution in [0.2, 0.25) is 0 Å². The number of aryl methyl sites for hydroxylation is 1. The van der Waals surface area contributed by atoms with Crippen molar-refractivity contribution in [3.63, 3.8) is 0 Å². The van der Waals surface area contributed by atoms with E-state index < -0.39 is 11.2 Å². The number of aromatic nitrogens is 2. The number of H-pyrrole nitrogens is 2. The predicted octanol–water partition coefficient (Wildman–Crippen LogP) is 0.391. The Morgan fingerprint density at radius 1 is 1.08 bits per heavy atom. The summed E-state index contributed by atoms with van der Waals surface area (Å²) >= 11 is 0.